The van der Waals surface area contributed by atoms with Crippen molar-refractivity contribution in [2.24, 2.45) is 0 Å². The van der Waals surface area contributed by atoms with Crippen molar-refractivity contribution < 1.29 is 4.79 Å². The van der Waals surface area contributed by atoms with E-state index in [4.69, 9.17) is 11.6 Å². The highest BCUT2D eigenvalue weighted by Gasteiger charge is 2.09. The Bertz CT molecular complexity index is 379. The van der Waals surface area contributed by atoms with E-state index in [-0.39, 0.29) is 11.9 Å². The Morgan fingerprint density at radius 1 is 1.50 bits per heavy atom. The quantitative estimate of drug-likeness (QED) is 0.850. The first-order valence-corrected chi connectivity index (χ1v) is 5.64. The van der Waals surface area contributed by atoms with Gasteiger partial charge < -0.3 is 10.6 Å². The van der Waals surface area contributed by atoms with Gasteiger partial charge in [-0.25, -0.2) is 0 Å². The van der Waals surface area contributed by atoms with Crippen LogP contribution in [0.2, 0.25) is 5.02 Å². The maximum Gasteiger partial charge on any atom is 0.221 e. The fraction of sp³-hybridized carbons (Fsp3) is 0.417. The van der Waals surface area contributed by atoms with E-state index in [9.17, 15) is 4.79 Å². The fourth-order valence-electron chi connectivity index (χ4n) is 1.46. The van der Waals surface area contributed by atoms with Gasteiger partial charge in [0, 0.05) is 30.2 Å². The van der Waals surface area contributed by atoms with Crippen LogP contribution in [0.4, 0.5) is 5.69 Å². The summed E-state index contributed by atoms with van der Waals surface area (Å²) in [4.78, 5) is 11.2. The Kier molecular flexibility index (Phi) is 4.62. The Hall–Kier alpha value is -1.22. The number of halogens is 1. The number of amides is 1. The number of hydrogen-bond acceptors (Lipinski definition) is 2. The topological polar surface area (TPSA) is 41.1 Å². The third kappa shape index (κ3) is 3.42. The first-order valence-electron chi connectivity index (χ1n) is 5.26. The zero-order valence-electron chi connectivity index (χ0n) is 9.80. The van der Waals surface area contributed by atoms with E-state index in [1.165, 1.54) is 0 Å². The number of carbonyl (C=O) groups is 1. The van der Waals surface area contributed by atoms with Gasteiger partial charge in [0.05, 0.1) is 0 Å². The summed E-state index contributed by atoms with van der Waals surface area (Å²) >= 11 is 6.01. The fourth-order valence-corrected chi connectivity index (χ4v) is 1.64. The molecule has 0 saturated carbocycles. The molecule has 88 valence electrons. The standard InChI is InChI=1S/C12H17ClN2O/c1-8(7-12(16)14-3)15-11-6-4-5-10(13)9(11)2/h4-6,8,15H,7H2,1-3H3,(H,14,16). The molecule has 1 aromatic carbocycles. The van der Waals surface area contributed by atoms with Gasteiger partial charge >= 0.3 is 0 Å². The lowest BCUT2D eigenvalue weighted by Gasteiger charge is -2.16. The number of benzene rings is 1. The van der Waals surface area contributed by atoms with Crippen molar-refractivity contribution in [1.82, 2.24) is 5.32 Å². The molecule has 0 bridgehead atoms. The minimum atomic E-state index is 0.0275. The zero-order valence-corrected chi connectivity index (χ0v) is 10.6. The maximum absolute atomic E-state index is 11.2. The number of hydrogen-bond donors (Lipinski definition) is 2. The van der Waals surface area contributed by atoms with Gasteiger partial charge in [0.2, 0.25) is 5.91 Å². The predicted molar refractivity (Wildman–Crippen MR) is 68.0 cm³/mol. The van der Waals surface area contributed by atoms with Gasteiger partial charge in [-0.15, -0.1) is 0 Å². The third-order valence-corrected chi connectivity index (χ3v) is 2.85. The lowest BCUT2D eigenvalue weighted by Crippen LogP contribution is -2.27. The van der Waals surface area contributed by atoms with Crippen molar-refractivity contribution in [3.8, 4) is 0 Å². The van der Waals surface area contributed by atoms with Crippen LogP contribution >= 0.6 is 11.6 Å². The van der Waals surface area contributed by atoms with Gasteiger partial charge in [-0.3, -0.25) is 4.79 Å². The van der Waals surface area contributed by atoms with E-state index >= 15 is 0 Å². The Labute approximate surface area is 101 Å². The number of rotatable bonds is 4. The Balaban J connectivity index is 2.66. The molecule has 0 aliphatic rings. The van der Waals surface area contributed by atoms with Crippen LogP contribution in [0.1, 0.15) is 18.9 Å². The molecule has 1 amide bonds. The molecule has 0 saturated heterocycles. The van der Waals surface area contributed by atoms with E-state index in [0.29, 0.717) is 6.42 Å². The Morgan fingerprint density at radius 2 is 2.19 bits per heavy atom. The molecule has 1 rings (SSSR count). The van der Waals surface area contributed by atoms with E-state index in [1.54, 1.807) is 7.05 Å². The number of carbonyl (C=O) groups excluding carboxylic acids is 1. The third-order valence-electron chi connectivity index (χ3n) is 2.44. The number of nitrogens with one attached hydrogen (secondary N) is 2. The minimum Gasteiger partial charge on any atom is -0.382 e. The average Bonchev–Trinajstić information content (AvgIpc) is 2.24. The van der Waals surface area contributed by atoms with Crippen molar-refractivity contribution in [2.45, 2.75) is 26.3 Å². The van der Waals surface area contributed by atoms with Gasteiger partial charge in [-0.1, -0.05) is 17.7 Å². The summed E-state index contributed by atoms with van der Waals surface area (Å²) in [6, 6.07) is 5.79. The van der Waals surface area contributed by atoms with Gasteiger partial charge in [-0.05, 0) is 31.5 Å². The highest BCUT2D eigenvalue weighted by molar-refractivity contribution is 6.31. The molecule has 0 aromatic heterocycles. The van der Waals surface area contributed by atoms with E-state index in [2.05, 4.69) is 10.6 Å². The lowest BCUT2D eigenvalue weighted by molar-refractivity contribution is -0.120. The van der Waals surface area contributed by atoms with Crippen molar-refractivity contribution in [1.29, 1.82) is 0 Å². The van der Waals surface area contributed by atoms with Crippen LogP contribution in [0, 0.1) is 6.92 Å². The summed E-state index contributed by atoms with van der Waals surface area (Å²) < 4.78 is 0. The van der Waals surface area contributed by atoms with Crippen LogP contribution in [0.15, 0.2) is 18.2 Å². The SMILES string of the molecule is CNC(=O)CC(C)Nc1cccc(Cl)c1C. The lowest BCUT2D eigenvalue weighted by atomic mass is 10.1. The second-order valence-corrected chi connectivity index (χ2v) is 4.24. The summed E-state index contributed by atoms with van der Waals surface area (Å²) in [5.41, 5.74) is 1.98. The zero-order chi connectivity index (χ0) is 12.1. The molecule has 0 fully saturated rings. The largest absolute Gasteiger partial charge is 0.382 e. The molecule has 4 heteroatoms. The summed E-state index contributed by atoms with van der Waals surface area (Å²) in [7, 11) is 1.64. The normalized spacial score (nSPS) is 12.0. The molecule has 0 aliphatic carbocycles. The van der Waals surface area contributed by atoms with Crippen LogP contribution in [0.25, 0.3) is 0 Å². The van der Waals surface area contributed by atoms with Gasteiger partial charge in [0.1, 0.15) is 0 Å². The maximum atomic E-state index is 11.2. The molecular weight excluding hydrogens is 224 g/mol. The van der Waals surface area contributed by atoms with Crippen molar-refractivity contribution in [3.63, 3.8) is 0 Å². The summed E-state index contributed by atoms with van der Waals surface area (Å²) in [6.45, 7) is 3.92. The smallest absolute Gasteiger partial charge is 0.221 e. The summed E-state index contributed by atoms with van der Waals surface area (Å²) in [6.07, 6.45) is 0.447. The second-order valence-electron chi connectivity index (χ2n) is 3.84. The van der Waals surface area contributed by atoms with E-state index in [1.807, 2.05) is 32.0 Å². The Morgan fingerprint density at radius 3 is 2.81 bits per heavy atom. The van der Waals surface area contributed by atoms with E-state index < -0.39 is 0 Å². The van der Waals surface area contributed by atoms with Gasteiger partial charge in [0.15, 0.2) is 0 Å². The molecule has 1 unspecified atom stereocenters. The van der Waals surface area contributed by atoms with Gasteiger partial charge in [-0.2, -0.15) is 0 Å². The second kappa shape index (κ2) is 5.75. The first kappa shape index (κ1) is 12.8. The monoisotopic (exact) mass is 240 g/mol. The summed E-state index contributed by atoms with van der Waals surface area (Å²) in [5.74, 6) is 0.0275. The predicted octanol–water partition coefficient (Wildman–Crippen LogP) is 2.58. The molecule has 1 atom stereocenters. The molecule has 0 heterocycles. The minimum absolute atomic E-state index is 0.0275. The molecule has 1 aromatic rings. The van der Waals surface area contributed by atoms with Crippen LogP contribution in [0.3, 0.4) is 0 Å². The highest BCUT2D eigenvalue weighted by Crippen LogP contribution is 2.23. The molecule has 0 aliphatic heterocycles. The molecular formula is C12H17ClN2O. The molecule has 0 radical (unpaired) electrons. The van der Waals surface area contributed by atoms with Gasteiger partial charge in [0.25, 0.3) is 0 Å². The van der Waals surface area contributed by atoms with Crippen LogP contribution < -0.4 is 10.6 Å². The molecule has 2 N–H and O–H groups in total. The molecule has 3 nitrogen and oxygen atoms in total. The molecule has 16 heavy (non-hydrogen) atoms. The van der Waals surface area contributed by atoms with Crippen LogP contribution in [-0.2, 0) is 4.79 Å². The first-order chi connectivity index (χ1) is 7.54. The van der Waals surface area contributed by atoms with Crippen molar-refractivity contribution >= 4 is 23.2 Å². The highest BCUT2D eigenvalue weighted by atomic mass is 35.5. The van der Waals surface area contributed by atoms with Crippen molar-refractivity contribution in [3.05, 3.63) is 28.8 Å². The molecule has 0 spiro atoms. The van der Waals surface area contributed by atoms with Crippen LogP contribution in [-0.4, -0.2) is 19.0 Å². The van der Waals surface area contributed by atoms with Crippen molar-refractivity contribution in [2.75, 3.05) is 12.4 Å². The van der Waals surface area contributed by atoms with Crippen LogP contribution in [0.5, 0.6) is 0 Å². The summed E-state index contributed by atoms with van der Waals surface area (Å²) in [5, 5.41) is 6.61. The van der Waals surface area contributed by atoms with E-state index in [0.717, 1.165) is 16.3 Å². The average molecular weight is 241 g/mol. The number of anilines is 1.